The third-order valence-corrected chi connectivity index (χ3v) is 4.14. The number of hydrogen-bond acceptors (Lipinski definition) is 3. The Morgan fingerprint density at radius 1 is 1.40 bits per heavy atom. The molecule has 0 aromatic heterocycles. The lowest BCUT2D eigenvalue weighted by Gasteiger charge is -2.30. The predicted molar refractivity (Wildman–Crippen MR) is 89.2 cm³/mol. The van der Waals surface area contributed by atoms with E-state index in [0.29, 0.717) is 22.6 Å². The first kappa shape index (κ1) is 17.4. The second kappa shape index (κ2) is 8.57. The molecule has 112 valence electrons. The number of thiocarbonyl (C=S) groups is 1. The van der Waals surface area contributed by atoms with Gasteiger partial charge in [-0.05, 0) is 24.5 Å². The second-order valence-electron chi connectivity index (χ2n) is 4.83. The van der Waals surface area contributed by atoms with Gasteiger partial charge in [0.05, 0.1) is 6.61 Å². The third kappa shape index (κ3) is 4.70. The van der Waals surface area contributed by atoms with Crippen molar-refractivity contribution in [3.8, 4) is 0 Å². The van der Waals surface area contributed by atoms with Crippen LogP contribution in [0.5, 0.6) is 0 Å². The monoisotopic (exact) mass is 314 g/mol. The molecule has 0 saturated carbocycles. The molecule has 20 heavy (non-hydrogen) atoms. The molecular formula is C15H23ClN2OS. The highest BCUT2D eigenvalue weighted by atomic mass is 35.5. The maximum absolute atomic E-state index is 9.23. The fourth-order valence-corrected chi connectivity index (χ4v) is 2.74. The van der Waals surface area contributed by atoms with Crippen LogP contribution in [0.25, 0.3) is 0 Å². The minimum absolute atomic E-state index is 0.152. The normalized spacial score (nSPS) is 11.3. The van der Waals surface area contributed by atoms with Crippen molar-refractivity contribution in [2.24, 2.45) is 5.73 Å². The quantitative estimate of drug-likeness (QED) is 0.724. The number of hydrogen-bond donors (Lipinski definition) is 2. The summed E-state index contributed by atoms with van der Waals surface area (Å²) in [4.78, 5) is 2.62. The van der Waals surface area contributed by atoms with Crippen molar-refractivity contribution in [2.75, 3.05) is 13.2 Å². The minimum atomic E-state index is 0.152. The van der Waals surface area contributed by atoms with Crippen LogP contribution in [-0.4, -0.2) is 34.2 Å². The molecule has 0 fully saturated rings. The molecule has 0 amide bonds. The van der Waals surface area contributed by atoms with E-state index in [1.807, 2.05) is 18.2 Å². The first-order valence-electron chi connectivity index (χ1n) is 6.96. The van der Waals surface area contributed by atoms with Gasteiger partial charge in [-0.25, -0.2) is 0 Å². The molecule has 5 heteroatoms. The molecule has 0 bridgehead atoms. The lowest BCUT2D eigenvalue weighted by Crippen LogP contribution is -2.36. The van der Waals surface area contributed by atoms with Crippen LogP contribution >= 0.6 is 23.8 Å². The molecule has 1 aromatic carbocycles. The van der Waals surface area contributed by atoms with Gasteiger partial charge in [0.25, 0.3) is 0 Å². The zero-order valence-electron chi connectivity index (χ0n) is 12.1. The van der Waals surface area contributed by atoms with E-state index < -0.39 is 0 Å². The average molecular weight is 315 g/mol. The Kier molecular flexibility index (Phi) is 7.45. The van der Waals surface area contributed by atoms with E-state index in [2.05, 4.69) is 18.7 Å². The van der Waals surface area contributed by atoms with Gasteiger partial charge in [-0.3, -0.25) is 4.90 Å². The molecule has 0 aliphatic carbocycles. The van der Waals surface area contributed by atoms with Gasteiger partial charge in [0.1, 0.15) is 4.99 Å². The molecule has 3 N–H and O–H groups in total. The van der Waals surface area contributed by atoms with Crippen LogP contribution in [0.1, 0.15) is 37.8 Å². The van der Waals surface area contributed by atoms with Gasteiger partial charge in [0, 0.05) is 29.7 Å². The highest BCUT2D eigenvalue weighted by Gasteiger charge is 2.16. The molecule has 1 aromatic rings. The van der Waals surface area contributed by atoms with Crippen LogP contribution in [0.3, 0.4) is 0 Å². The van der Waals surface area contributed by atoms with Crippen LogP contribution in [0, 0.1) is 0 Å². The molecule has 1 rings (SSSR count). The predicted octanol–water partition coefficient (Wildman–Crippen LogP) is 2.96. The van der Waals surface area contributed by atoms with Crippen molar-refractivity contribution in [1.82, 2.24) is 4.90 Å². The van der Waals surface area contributed by atoms with E-state index in [-0.39, 0.29) is 6.61 Å². The van der Waals surface area contributed by atoms with Crippen molar-refractivity contribution in [1.29, 1.82) is 0 Å². The van der Waals surface area contributed by atoms with Crippen molar-refractivity contribution >= 4 is 28.8 Å². The zero-order valence-corrected chi connectivity index (χ0v) is 13.7. The van der Waals surface area contributed by atoms with Crippen molar-refractivity contribution in [3.63, 3.8) is 0 Å². The van der Waals surface area contributed by atoms with E-state index in [0.717, 1.165) is 30.5 Å². The van der Waals surface area contributed by atoms with Crippen LogP contribution in [0.2, 0.25) is 5.02 Å². The highest BCUT2D eigenvalue weighted by Crippen LogP contribution is 2.22. The molecular weight excluding hydrogens is 292 g/mol. The summed E-state index contributed by atoms with van der Waals surface area (Å²) < 4.78 is 0. The largest absolute Gasteiger partial charge is 0.395 e. The zero-order chi connectivity index (χ0) is 15.1. The Morgan fingerprint density at radius 2 is 2.05 bits per heavy atom. The molecule has 0 radical (unpaired) electrons. The van der Waals surface area contributed by atoms with Crippen LogP contribution < -0.4 is 5.73 Å². The van der Waals surface area contributed by atoms with Crippen molar-refractivity contribution in [3.05, 3.63) is 34.3 Å². The minimum Gasteiger partial charge on any atom is -0.395 e. The van der Waals surface area contributed by atoms with Gasteiger partial charge in [-0.2, -0.15) is 0 Å². The number of nitrogens with zero attached hydrogens (tertiary/aromatic N) is 1. The van der Waals surface area contributed by atoms with Gasteiger partial charge in [-0.1, -0.05) is 49.8 Å². The maximum Gasteiger partial charge on any atom is 0.104 e. The SMILES string of the molecule is CCC(CC)N(CCO)Cc1ccc(C(N)=S)cc1Cl. The van der Waals surface area contributed by atoms with E-state index >= 15 is 0 Å². The number of halogens is 1. The number of nitrogens with two attached hydrogens (primary N) is 1. The smallest absolute Gasteiger partial charge is 0.104 e. The summed E-state index contributed by atoms with van der Waals surface area (Å²) in [6.45, 7) is 5.86. The van der Waals surface area contributed by atoms with Gasteiger partial charge in [0.15, 0.2) is 0 Å². The van der Waals surface area contributed by atoms with Crippen LogP contribution in [0.4, 0.5) is 0 Å². The number of benzene rings is 1. The van der Waals surface area contributed by atoms with Gasteiger partial charge in [0.2, 0.25) is 0 Å². The number of rotatable bonds is 8. The topological polar surface area (TPSA) is 49.5 Å². The molecule has 3 nitrogen and oxygen atoms in total. The first-order valence-corrected chi connectivity index (χ1v) is 7.75. The molecule has 0 heterocycles. The third-order valence-electron chi connectivity index (χ3n) is 3.56. The summed E-state index contributed by atoms with van der Waals surface area (Å²) in [5.74, 6) is 0. The summed E-state index contributed by atoms with van der Waals surface area (Å²) in [5.41, 5.74) is 7.42. The summed E-state index contributed by atoms with van der Waals surface area (Å²) in [6.07, 6.45) is 2.11. The molecule has 0 saturated heterocycles. The fourth-order valence-electron chi connectivity index (χ4n) is 2.37. The van der Waals surface area contributed by atoms with Crippen LogP contribution in [-0.2, 0) is 6.54 Å². The Labute approximate surface area is 131 Å². The summed E-state index contributed by atoms with van der Waals surface area (Å²) in [6, 6.07) is 6.12. The van der Waals surface area contributed by atoms with Crippen molar-refractivity contribution < 1.29 is 5.11 Å². The van der Waals surface area contributed by atoms with E-state index in [4.69, 9.17) is 29.6 Å². The van der Waals surface area contributed by atoms with Gasteiger partial charge < -0.3 is 10.8 Å². The highest BCUT2D eigenvalue weighted by molar-refractivity contribution is 7.80. The van der Waals surface area contributed by atoms with E-state index in [1.165, 1.54) is 0 Å². The fraction of sp³-hybridized carbons (Fsp3) is 0.533. The molecule has 0 unspecified atom stereocenters. The second-order valence-corrected chi connectivity index (χ2v) is 5.68. The maximum atomic E-state index is 9.23. The number of aliphatic hydroxyl groups is 1. The van der Waals surface area contributed by atoms with E-state index in [9.17, 15) is 5.11 Å². The molecule has 0 spiro atoms. The first-order chi connectivity index (χ1) is 9.53. The standard InChI is InChI=1S/C15H23ClN2OS/c1-3-13(4-2)18(7-8-19)10-12-6-5-11(15(17)20)9-14(12)16/h5-6,9,13,19H,3-4,7-8,10H2,1-2H3,(H2,17,20). The Bertz CT molecular complexity index is 449. The van der Waals surface area contributed by atoms with Crippen molar-refractivity contribution in [2.45, 2.75) is 39.3 Å². The molecule has 0 atom stereocenters. The molecule has 0 aliphatic rings. The summed E-state index contributed by atoms with van der Waals surface area (Å²) in [5, 5.41) is 9.90. The summed E-state index contributed by atoms with van der Waals surface area (Å²) >= 11 is 11.3. The lowest BCUT2D eigenvalue weighted by atomic mass is 10.1. The van der Waals surface area contributed by atoms with Gasteiger partial charge >= 0.3 is 0 Å². The van der Waals surface area contributed by atoms with Crippen LogP contribution in [0.15, 0.2) is 18.2 Å². The van der Waals surface area contributed by atoms with E-state index in [1.54, 1.807) is 0 Å². The Balaban J connectivity index is 2.90. The average Bonchev–Trinajstić information content (AvgIpc) is 2.42. The lowest BCUT2D eigenvalue weighted by molar-refractivity contribution is 0.136. The van der Waals surface area contributed by atoms with Gasteiger partial charge in [-0.15, -0.1) is 0 Å². The molecule has 0 aliphatic heterocycles. The summed E-state index contributed by atoms with van der Waals surface area (Å²) in [7, 11) is 0. The Morgan fingerprint density at radius 3 is 2.50 bits per heavy atom. The number of aliphatic hydroxyl groups excluding tert-OH is 1. The Hall–Kier alpha value is -0.680.